The van der Waals surface area contributed by atoms with Crippen molar-refractivity contribution in [3.05, 3.63) is 156 Å². The van der Waals surface area contributed by atoms with Crippen LogP contribution in [0.1, 0.15) is 22.3 Å². The molecule has 0 fully saturated rings. The summed E-state index contributed by atoms with van der Waals surface area (Å²) < 4.78 is 6.37. The van der Waals surface area contributed by atoms with Gasteiger partial charge in [0.2, 0.25) is 0 Å². The zero-order valence-corrected chi connectivity index (χ0v) is 21.1. The van der Waals surface area contributed by atoms with Gasteiger partial charge in [0.15, 0.2) is 5.58 Å². The van der Waals surface area contributed by atoms with E-state index in [2.05, 4.69) is 127 Å². The summed E-state index contributed by atoms with van der Waals surface area (Å²) in [4.78, 5) is 0. The molecule has 0 bridgehead atoms. The molecule has 1 N–H and O–H groups in total. The van der Waals surface area contributed by atoms with Gasteiger partial charge in [-0.15, -0.1) is 0 Å². The topological polar surface area (TPSA) is 25.2 Å². The maximum absolute atomic E-state index is 6.37. The lowest BCUT2D eigenvalue weighted by Gasteiger charge is -2.30. The normalized spacial score (nSPS) is 13.8. The molecule has 0 amide bonds. The predicted octanol–water partition coefficient (Wildman–Crippen LogP) is 9.67. The highest BCUT2D eigenvalue weighted by atomic mass is 16.3. The minimum absolute atomic E-state index is 0.345. The van der Waals surface area contributed by atoms with Gasteiger partial charge in [0.25, 0.3) is 0 Å². The van der Waals surface area contributed by atoms with E-state index in [1.165, 1.54) is 44.5 Å². The second-order valence-electron chi connectivity index (χ2n) is 10.5. The molecule has 39 heavy (non-hydrogen) atoms. The lowest BCUT2D eigenvalue weighted by Crippen LogP contribution is -2.25. The summed E-state index contributed by atoms with van der Waals surface area (Å²) in [5.74, 6) is 0. The molecule has 0 saturated carbocycles. The Morgan fingerprint density at radius 1 is 0.436 bits per heavy atom. The van der Waals surface area contributed by atoms with Crippen LogP contribution in [-0.4, -0.2) is 0 Å². The first-order valence-corrected chi connectivity index (χ1v) is 13.5. The molecule has 2 aliphatic carbocycles. The molecule has 9 rings (SSSR count). The highest BCUT2D eigenvalue weighted by Gasteiger charge is 2.51. The van der Waals surface area contributed by atoms with Gasteiger partial charge in [-0.2, -0.15) is 0 Å². The van der Waals surface area contributed by atoms with E-state index >= 15 is 0 Å². The van der Waals surface area contributed by atoms with Crippen molar-refractivity contribution in [2.24, 2.45) is 0 Å². The predicted molar refractivity (Wildman–Crippen MR) is 160 cm³/mol. The van der Waals surface area contributed by atoms with E-state index in [0.717, 1.165) is 33.3 Å². The van der Waals surface area contributed by atoms with Crippen LogP contribution >= 0.6 is 0 Å². The molecule has 0 saturated heterocycles. The summed E-state index contributed by atoms with van der Waals surface area (Å²) in [7, 11) is 0. The van der Waals surface area contributed by atoms with Crippen molar-refractivity contribution in [3.8, 4) is 22.3 Å². The van der Waals surface area contributed by atoms with Gasteiger partial charge in [0.1, 0.15) is 5.58 Å². The van der Waals surface area contributed by atoms with Crippen molar-refractivity contribution in [2.45, 2.75) is 5.41 Å². The number of fused-ring (bicyclic) bond motifs is 13. The van der Waals surface area contributed by atoms with Crippen molar-refractivity contribution in [2.75, 3.05) is 5.32 Å². The minimum Gasteiger partial charge on any atom is -0.454 e. The maximum atomic E-state index is 6.37. The van der Waals surface area contributed by atoms with Crippen LogP contribution in [0, 0.1) is 0 Å². The number of benzene rings is 6. The van der Waals surface area contributed by atoms with Gasteiger partial charge in [-0.1, -0.05) is 115 Å². The summed E-state index contributed by atoms with van der Waals surface area (Å²) in [5, 5.41) is 6.07. The van der Waals surface area contributed by atoms with Gasteiger partial charge in [-0.25, -0.2) is 0 Å². The summed E-state index contributed by atoms with van der Waals surface area (Å²) in [6.45, 7) is 0. The Kier molecular flexibility index (Phi) is 4.02. The Bertz CT molecular complexity index is 2070. The largest absolute Gasteiger partial charge is 0.454 e. The Morgan fingerprint density at radius 2 is 0.974 bits per heavy atom. The number of nitrogens with one attached hydrogen (secondary N) is 1. The van der Waals surface area contributed by atoms with Crippen molar-refractivity contribution >= 4 is 33.3 Å². The first-order chi connectivity index (χ1) is 19.4. The third-order valence-corrected chi connectivity index (χ3v) is 8.69. The lowest BCUT2D eigenvalue weighted by molar-refractivity contribution is 0.670. The van der Waals surface area contributed by atoms with Gasteiger partial charge in [-0.3, -0.25) is 0 Å². The van der Waals surface area contributed by atoms with Crippen molar-refractivity contribution < 1.29 is 4.42 Å². The van der Waals surface area contributed by atoms with E-state index in [1.807, 2.05) is 12.1 Å². The third-order valence-electron chi connectivity index (χ3n) is 8.69. The van der Waals surface area contributed by atoms with Crippen LogP contribution in [-0.2, 0) is 5.41 Å². The number of hydrogen-bond acceptors (Lipinski definition) is 2. The van der Waals surface area contributed by atoms with E-state index < -0.39 is 0 Å². The molecule has 0 radical (unpaired) electrons. The van der Waals surface area contributed by atoms with Crippen LogP contribution < -0.4 is 5.32 Å². The third kappa shape index (κ3) is 2.56. The van der Waals surface area contributed by atoms with Crippen molar-refractivity contribution in [1.82, 2.24) is 0 Å². The van der Waals surface area contributed by atoms with Gasteiger partial charge < -0.3 is 9.73 Å². The number of rotatable bonds is 2. The fourth-order valence-electron chi connectivity index (χ4n) is 7.24. The Hall–Kier alpha value is -5.08. The van der Waals surface area contributed by atoms with Gasteiger partial charge in [-0.05, 0) is 57.1 Å². The average Bonchev–Trinajstić information content (AvgIpc) is 3.62. The minimum atomic E-state index is -0.345. The van der Waals surface area contributed by atoms with Crippen molar-refractivity contribution in [1.29, 1.82) is 0 Å². The molecule has 182 valence electrons. The van der Waals surface area contributed by atoms with Gasteiger partial charge >= 0.3 is 0 Å². The Morgan fingerprint density at radius 3 is 1.74 bits per heavy atom. The SMILES string of the molecule is c1ccc2c(c1)-c1ccccc1C21c2ccccc2-c2c(Nc3cccc4c3oc3ccccc34)cccc21. The standard InChI is InChI=1S/C37H23NO/c1-5-16-28-23(11-1)24-12-2-6-17-29(24)37(28)30-18-7-3-14-27(30)35-31(37)19-10-20-32(35)38-33-21-9-15-26-25-13-4-8-22-34(25)39-36(26)33/h1-22,38H. The van der Waals surface area contributed by atoms with Gasteiger partial charge in [0, 0.05) is 22.0 Å². The molecule has 1 heterocycles. The molecule has 7 aromatic rings. The molecular weight excluding hydrogens is 474 g/mol. The van der Waals surface area contributed by atoms with Crippen molar-refractivity contribution in [3.63, 3.8) is 0 Å². The second-order valence-corrected chi connectivity index (χ2v) is 10.5. The summed E-state index contributed by atoms with van der Waals surface area (Å²) in [6, 6.07) is 48.1. The van der Waals surface area contributed by atoms with E-state index in [-0.39, 0.29) is 5.41 Å². The number of para-hydroxylation sites is 2. The molecular formula is C37H23NO. The second kappa shape index (κ2) is 7.49. The first kappa shape index (κ1) is 20.9. The summed E-state index contributed by atoms with van der Waals surface area (Å²) >= 11 is 0. The van der Waals surface area contributed by atoms with E-state index in [4.69, 9.17) is 4.42 Å². The zero-order valence-electron chi connectivity index (χ0n) is 21.1. The molecule has 1 spiro atoms. The first-order valence-electron chi connectivity index (χ1n) is 13.5. The molecule has 0 unspecified atom stereocenters. The lowest BCUT2D eigenvalue weighted by atomic mass is 9.70. The molecule has 2 heteroatoms. The van der Waals surface area contributed by atoms with E-state index in [0.29, 0.717) is 0 Å². The van der Waals surface area contributed by atoms with Crippen LogP contribution in [0.25, 0.3) is 44.2 Å². The number of anilines is 2. The van der Waals surface area contributed by atoms with E-state index in [1.54, 1.807) is 0 Å². The van der Waals surface area contributed by atoms with Gasteiger partial charge in [0.05, 0.1) is 11.1 Å². The monoisotopic (exact) mass is 497 g/mol. The quantitative estimate of drug-likeness (QED) is 0.257. The Labute approximate surface area is 226 Å². The molecule has 1 aromatic heterocycles. The summed E-state index contributed by atoms with van der Waals surface area (Å²) in [6.07, 6.45) is 0. The maximum Gasteiger partial charge on any atom is 0.158 e. The van der Waals surface area contributed by atoms with E-state index in [9.17, 15) is 0 Å². The smallest absolute Gasteiger partial charge is 0.158 e. The Balaban J connectivity index is 1.33. The number of furan rings is 1. The van der Waals surface area contributed by atoms with Crippen LogP contribution in [0.3, 0.4) is 0 Å². The highest BCUT2D eigenvalue weighted by molar-refractivity contribution is 6.10. The molecule has 2 aliphatic rings. The number of hydrogen-bond donors (Lipinski definition) is 1. The van der Waals surface area contributed by atoms with Crippen LogP contribution in [0.5, 0.6) is 0 Å². The fraction of sp³-hybridized carbons (Fsp3) is 0.0270. The molecule has 0 atom stereocenters. The molecule has 6 aromatic carbocycles. The zero-order chi connectivity index (χ0) is 25.6. The average molecular weight is 498 g/mol. The van der Waals surface area contributed by atoms with Crippen LogP contribution in [0.2, 0.25) is 0 Å². The molecule has 0 aliphatic heterocycles. The fourth-order valence-corrected chi connectivity index (χ4v) is 7.24. The molecule has 2 nitrogen and oxygen atoms in total. The highest BCUT2D eigenvalue weighted by Crippen LogP contribution is 2.63. The summed E-state index contributed by atoms with van der Waals surface area (Å²) in [5.41, 5.74) is 14.1. The van der Waals surface area contributed by atoms with Crippen LogP contribution in [0.15, 0.2) is 138 Å². The van der Waals surface area contributed by atoms with Crippen LogP contribution in [0.4, 0.5) is 11.4 Å².